The Kier molecular flexibility index (Phi) is 7.92. The van der Waals surface area contributed by atoms with Crippen LogP contribution in [-0.2, 0) is 35.3 Å². The fraction of sp³-hybridized carbons (Fsp3) is 0.444. The summed E-state index contributed by atoms with van der Waals surface area (Å²) in [6.07, 6.45) is -2.91. The summed E-state index contributed by atoms with van der Waals surface area (Å²) in [6.45, 7) is 0.950. The Hall–Kier alpha value is -3.18. The van der Waals surface area contributed by atoms with Gasteiger partial charge in [0.25, 0.3) is 0 Å². The van der Waals surface area contributed by atoms with E-state index in [9.17, 15) is 24.3 Å². The van der Waals surface area contributed by atoms with Crippen LogP contribution in [0.5, 0.6) is 5.75 Å². The van der Waals surface area contributed by atoms with Crippen LogP contribution < -0.4 is 15.4 Å². The van der Waals surface area contributed by atoms with Crippen molar-refractivity contribution in [3.63, 3.8) is 0 Å². The number of ether oxygens (including phenoxy) is 3. The van der Waals surface area contributed by atoms with Gasteiger partial charge in [-0.25, -0.2) is 4.79 Å². The Morgan fingerprint density at radius 1 is 1.31 bits per heavy atom. The number of carboxylic acid groups (broad SMARTS) is 1. The van der Waals surface area contributed by atoms with Crippen LogP contribution in [0.15, 0.2) is 18.2 Å². The number of carboxylic acids is 1. The Morgan fingerprint density at radius 2 is 2.07 bits per heavy atom. The van der Waals surface area contributed by atoms with E-state index < -0.39 is 36.3 Å². The third-order valence-electron chi connectivity index (χ3n) is 3.91. The van der Waals surface area contributed by atoms with Gasteiger partial charge in [0.05, 0.1) is 18.3 Å². The smallest absolute Gasteiger partial charge is 0.333 e. The number of hydrogen-bond acceptors (Lipinski definition) is 8. The lowest BCUT2D eigenvalue weighted by Gasteiger charge is -2.31. The first-order chi connectivity index (χ1) is 13.8. The summed E-state index contributed by atoms with van der Waals surface area (Å²) in [4.78, 5) is 44.4. The van der Waals surface area contributed by atoms with Gasteiger partial charge in [0, 0.05) is 19.8 Å². The van der Waals surface area contributed by atoms with Crippen molar-refractivity contribution < 1.29 is 43.6 Å². The molecule has 1 aliphatic rings. The predicted octanol–water partition coefficient (Wildman–Crippen LogP) is -0.236. The lowest BCUT2D eigenvalue weighted by atomic mass is 10.1. The number of aliphatic hydroxyl groups excluding tert-OH is 1. The van der Waals surface area contributed by atoms with Gasteiger partial charge in [-0.3, -0.25) is 14.4 Å². The van der Waals surface area contributed by atoms with E-state index in [0.717, 1.165) is 0 Å². The number of aliphatic carboxylic acids is 1. The number of benzene rings is 1. The van der Waals surface area contributed by atoms with Gasteiger partial charge in [0.1, 0.15) is 12.4 Å². The molecule has 1 saturated heterocycles. The summed E-state index contributed by atoms with van der Waals surface area (Å²) < 4.78 is 16.0. The van der Waals surface area contributed by atoms with Gasteiger partial charge >= 0.3 is 11.9 Å². The van der Waals surface area contributed by atoms with Crippen LogP contribution in [0.1, 0.15) is 25.3 Å². The maximum atomic E-state index is 11.9. The van der Waals surface area contributed by atoms with E-state index in [1.54, 1.807) is 6.07 Å². The van der Waals surface area contributed by atoms with Crippen molar-refractivity contribution in [3.05, 3.63) is 23.8 Å². The van der Waals surface area contributed by atoms with Crippen molar-refractivity contribution in [3.8, 4) is 5.75 Å². The Balaban J connectivity index is 2.20. The highest BCUT2D eigenvalue weighted by molar-refractivity contribution is 5.94. The molecule has 2 amide bonds. The van der Waals surface area contributed by atoms with Crippen molar-refractivity contribution in [1.82, 2.24) is 5.32 Å². The minimum atomic E-state index is -1.23. The van der Waals surface area contributed by atoms with Gasteiger partial charge in [-0.05, 0) is 17.7 Å². The van der Waals surface area contributed by atoms with Gasteiger partial charge in [0.15, 0.2) is 6.10 Å². The number of carbonyl (C=O) groups excluding carboxylic acids is 3. The van der Waals surface area contributed by atoms with Crippen LogP contribution in [0.3, 0.4) is 0 Å². The van der Waals surface area contributed by atoms with Gasteiger partial charge in [-0.1, -0.05) is 6.07 Å². The zero-order valence-electron chi connectivity index (χ0n) is 15.6. The number of esters is 1. The maximum absolute atomic E-state index is 11.9. The molecule has 11 nitrogen and oxygen atoms in total. The highest BCUT2D eigenvalue weighted by atomic mass is 16.7. The van der Waals surface area contributed by atoms with E-state index in [-0.39, 0.29) is 37.4 Å². The molecule has 1 heterocycles. The van der Waals surface area contributed by atoms with Gasteiger partial charge in [-0.2, -0.15) is 0 Å². The minimum absolute atomic E-state index is 0.0258. The summed E-state index contributed by atoms with van der Waals surface area (Å²) in [5.41, 5.74) is 0.773. The molecule has 1 aliphatic heterocycles. The standard InChI is InChI=1S/C18H22N2O9/c1-10(22)27-8-11-2-3-13(20-16(24)7-19-9-21)14(4-11)28-17-6-12(23)5-15(29-17)18(25)26/h2-4,9,12,15,17,23H,5-8H2,1H3,(H,19,21)(H,20,24)(H,25,26). The van der Waals surface area contributed by atoms with Crippen molar-refractivity contribution in [1.29, 1.82) is 0 Å². The normalized spacial score (nSPS) is 21.0. The van der Waals surface area contributed by atoms with Crippen molar-refractivity contribution in [2.75, 3.05) is 11.9 Å². The topological polar surface area (TPSA) is 160 Å². The van der Waals surface area contributed by atoms with Crippen LogP contribution in [-0.4, -0.2) is 59.5 Å². The molecule has 1 aromatic carbocycles. The van der Waals surface area contributed by atoms with Crippen LogP contribution >= 0.6 is 0 Å². The second-order valence-electron chi connectivity index (χ2n) is 6.29. The average Bonchev–Trinajstić information content (AvgIpc) is 2.66. The number of aliphatic hydroxyl groups is 1. The fourth-order valence-electron chi connectivity index (χ4n) is 2.61. The predicted molar refractivity (Wildman–Crippen MR) is 96.8 cm³/mol. The van der Waals surface area contributed by atoms with Crippen LogP contribution in [0.4, 0.5) is 5.69 Å². The molecule has 158 valence electrons. The molecule has 0 spiro atoms. The van der Waals surface area contributed by atoms with Gasteiger partial charge in [0.2, 0.25) is 18.6 Å². The molecular weight excluding hydrogens is 388 g/mol. The average molecular weight is 410 g/mol. The monoisotopic (exact) mass is 410 g/mol. The molecule has 3 unspecified atom stereocenters. The maximum Gasteiger partial charge on any atom is 0.333 e. The molecule has 0 radical (unpaired) electrons. The molecule has 29 heavy (non-hydrogen) atoms. The molecule has 4 N–H and O–H groups in total. The first-order valence-electron chi connectivity index (χ1n) is 8.74. The molecule has 1 fully saturated rings. The van der Waals surface area contributed by atoms with Crippen molar-refractivity contribution in [2.24, 2.45) is 0 Å². The molecular formula is C18H22N2O9. The molecule has 1 aromatic rings. The third kappa shape index (κ3) is 7.05. The zero-order valence-corrected chi connectivity index (χ0v) is 15.6. The highest BCUT2D eigenvalue weighted by Crippen LogP contribution is 2.30. The summed E-state index contributed by atoms with van der Waals surface area (Å²) in [5.74, 6) is -2.11. The molecule has 11 heteroatoms. The molecule has 2 rings (SSSR count). The lowest BCUT2D eigenvalue weighted by Crippen LogP contribution is -2.42. The number of anilines is 1. The summed E-state index contributed by atoms with van der Waals surface area (Å²) in [6, 6.07) is 4.59. The first-order valence-corrected chi connectivity index (χ1v) is 8.74. The molecule has 3 atom stereocenters. The fourth-order valence-corrected chi connectivity index (χ4v) is 2.61. The van der Waals surface area contributed by atoms with E-state index in [1.807, 2.05) is 0 Å². The number of rotatable bonds is 9. The zero-order chi connectivity index (χ0) is 21.4. The summed E-state index contributed by atoms with van der Waals surface area (Å²) >= 11 is 0. The molecule has 0 saturated carbocycles. The molecule has 0 aliphatic carbocycles. The van der Waals surface area contributed by atoms with E-state index >= 15 is 0 Å². The Bertz CT molecular complexity index is 768. The second-order valence-corrected chi connectivity index (χ2v) is 6.29. The van der Waals surface area contributed by atoms with Crippen LogP contribution in [0, 0.1) is 0 Å². The quantitative estimate of drug-likeness (QED) is 0.318. The molecule has 0 bridgehead atoms. The Labute approximate surface area is 165 Å². The third-order valence-corrected chi connectivity index (χ3v) is 3.91. The number of carbonyl (C=O) groups is 4. The van der Waals surface area contributed by atoms with Crippen LogP contribution in [0.2, 0.25) is 0 Å². The largest absolute Gasteiger partial charge is 0.479 e. The number of nitrogens with one attached hydrogen (secondary N) is 2. The van der Waals surface area contributed by atoms with E-state index in [1.165, 1.54) is 19.1 Å². The Morgan fingerprint density at radius 3 is 2.72 bits per heavy atom. The van der Waals surface area contributed by atoms with Gasteiger partial charge < -0.3 is 35.1 Å². The SMILES string of the molecule is CC(=O)OCc1ccc(NC(=O)CNC=O)c(OC2CC(O)CC(C(=O)O)O2)c1. The van der Waals surface area contributed by atoms with E-state index in [4.69, 9.17) is 19.3 Å². The highest BCUT2D eigenvalue weighted by Gasteiger charge is 2.34. The van der Waals surface area contributed by atoms with Crippen molar-refractivity contribution >= 4 is 29.9 Å². The van der Waals surface area contributed by atoms with Crippen LogP contribution in [0.25, 0.3) is 0 Å². The second kappa shape index (κ2) is 10.4. The van der Waals surface area contributed by atoms with E-state index in [0.29, 0.717) is 12.0 Å². The van der Waals surface area contributed by atoms with Crippen molar-refractivity contribution in [2.45, 2.75) is 44.9 Å². The lowest BCUT2D eigenvalue weighted by molar-refractivity contribution is -0.195. The summed E-state index contributed by atoms with van der Waals surface area (Å²) in [5, 5.41) is 23.8. The minimum Gasteiger partial charge on any atom is -0.479 e. The van der Waals surface area contributed by atoms with Gasteiger partial charge in [-0.15, -0.1) is 0 Å². The number of amides is 2. The number of hydrogen-bond donors (Lipinski definition) is 4. The molecule has 0 aromatic heterocycles. The first kappa shape index (κ1) is 22.1. The summed E-state index contributed by atoms with van der Waals surface area (Å²) in [7, 11) is 0. The van der Waals surface area contributed by atoms with E-state index in [2.05, 4.69) is 10.6 Å².